The number of carboxylic acids is 2. The molecule has 0 spiro atoms. The molecule has 1 aliphatic rings. The molecule has 1 amide bonds. The van der Waals surface area contributed by atoms with Gasteiger partial charge in [-0.15, -0.1) is 11.3 Å². The molecular formula is C14H17NO5S. The molecule has 0 saturated heterocycles. The summed E-state index contributed by atoms with van der Waals surface area (Å²) in [6.45, 7) is 0. The van der Waals surface area contributed by atoms with Crippen LogP contribution < -0.4 is 5.32 Å². The zero-order valence-corrected chi connectivity index (χ0v) is 12.2. The molecule has 6 nitrogen and oxygen atoms in total. The van der Waals surface area contributed by atoms with Crippen molar-refractivity contribution in [2.24, 2.45) is 0 Å². The Labute approximate surface area is 125 Å². The topological polar surface area (TPSA) is 104 Å². The van der Waals surface area contributed by atoms with E-state index in [0.29, 0.717) is 4.88 Å². The van der Waals surface area contributed by atoms with Gasteiger partial charge >= 0.3 is 11.9 Å². The summed E-state index contributed by atoms with van der Waals surface area (Å²) in [6.07, 6.45) is 3.28. The maximum atomic E-state index is 12.1. The van der Waals surface area contributed by atoms with E-state index in [1.807, 2.05) is 6.07 Å². The van der Waals surface area contributed by atoms with Gasteiger partial charge in [0.25, 0.3) is 5.91 Å². The number of carbonyl (C=O) groups is 3. The molecule has 114 valence electrons. The number of carboxylic acid groups (broad SMARTS) is 2. The molecule has 1 aromatic rings. The zero-order valence-electron chi connectivity index (χ0n) is 11.4. The minimum absolute atomic E-state index is 0.104. The van der Waals surface area contributed by atoms with Crippen LogP contribution in [0.1, 0.15) is 45.8 Å². The van der Waals surface area contributed by atoms with E-state index in [1.54, 1.807) is 0 Å². The van der Waals surface area contributed by atoms with Crippen LogP contribution in [0, 0.1) is 0 Å². The monoisotopic (exact) mass is 311 g/mol. The Morgan fingerprint density at radius 2 is 2.05 bits per heavy atom. The molecule has 0 unspecified atom stereocenters. The van der Waals surface area contributed by atoms with Crippen LogP contribution in [-0.2, 0) is 22.4 Å². The average Bonchev–Trinajstić information content (AvgIpc) is 2.97. The first kappa shape index (κ1) is 15.5. The van der Waals surface area contributed by atoms with Crippen LogP contribution in [0.2, 0.25) is 0 Å². The van der Waals surface area contributed by atoms with Gasteiger partial charge < -0.3 is 15.5 Å². The van der Waals surface area contributed by atoms with Crippen molar-refractivity contribution in [3.63, 3.8) is 0 Å². The minimum atomic E-state index is -1.14. The number of carbonyl (C=O) groups excluding carboxylic acids is 1. The van der Waals surface area contributed by atoms with Crippen molar-refractivity contribution in [3.8, 4) is 0 Å². The number of aryl methyl sites for hydroxylation is 2. The smallest absolute Gasteiger partial charge is 0.326 e. The number of fused-ring (bicyclic) bond motifs is 1. The molecule has 2 rings (SSSR count). The lowest BCUT2D eigenvalue weighted by Gasteiger charge is -2.13. The van der Waals surface area contributed by atoms with E-state index in [-0.39, 0.29) is 19.3 Å². The van der Waals surface area contributed by atoms with E-state index >= 15 is 0 Å². The van der Waals surface area contributed by atoms with Crippen LogP contribution in [-0.4, -0.2) is 34.1 Å². The number of hydrogen-bond donors (Lipinski definition) is 3. The maximum absolute atomic E-state index is 12.1. The lowest BCUT2D eigenvalue weighted by Crippen LogP contribution is -2.40. The molecule has 0 fully saturated rings. The molecule has 0 saturated carbocycles. The minimum Gasteiger partial charge on any atom is -0.481 e. The first-order valence-electron chi connectivity index (χ1n) is 6.84. The van der Waals surface area contributed by atoms with Crippen LogP contribution in [0.15, 0.2) is 6.07 Å². The van der Waals surface area contributed by atoms with Crippen molar-refractivity contribution in [3.05, 3.63) is 21.4 Å². The summed E-state index contributed by atoms with van der Waals surface area (Å²) in [6, 6.07) is 0.784. The van der Waals surface area contributed by atoms with E-state index in [9.17, 15) is 14.4 Å². The zero-order chi connectivity index (χ0) is 15.4. The Hall–Kier alpha value is -1.89. The SMILES string of the molecule is O=C(O)CCC[C@@H](NC(=O)c1cc2c(s1)CCC2)C(=O)O. The summed E-state index contributed by atoms with van der Waals surface area (Å²) < 4.78 is 0. The van der Waals surface area contributed by atoms with Gasteiger partial charge in [-0.25, -0.2) is 4.79 Å². The normalized spacial score (nSPS) is 14.5. The fourth-order valence-corrected chi connectivity index (χ4v) is 3.54. The molecule has 1 atom stereocenters. The third-order valence-corrected chi connectivity index (χ3v) is 4.69. The van der Waals surface area contributed by atoms with Gasteiger partial charge in [0.15, 0.2) is 0 Å². The van der Waals surface area contributed by atoms with Crippen LogP contribution in [0.4, 0.5) is 0 Å². The van der Waals surface area contributed by atoms with Crippen LogP contribution in [0.5, 0.6) is 0 Å². The van der Waals surface area contributed by atoms with E-state index in [0.717, 1.165) is 19.3 Å². The van der Waals surface area contributed by atoms with Crippen molar-refractivity contribution < 1.29 is 24.6 Å². The van der Waals surface area contributed by atoms with E-state index in [4.69, 9.17) is 10.2 Å². The summed E-state index contributed by atoms with van der Waals surface area (Å²) in [5, 5.41) is 20.1. The highest BCUT2D eigenvalue weighted by Gasteiger charge is 2.23. The maximum Gasteiger partial charge on any atom is 0.326 e. The molecule has 1 aromatic heterocycles. The number of thiophene rings is 1. The second kappa shape index (κ2) is 6.71. The quantitative estimate of drug-likeness (QED) is 0.710. The van der Waals surface area contributed by atoms with Crippen molar-refractivity contribution in [1.82, 2.24) is 5.32 Å². The summed E-state index contributed by atoms with van der Waals surface area (Å²) in [7, 11) is 0. The Morgan fingerprint density at radius 1 is 1.29 bits per heavy atom. The molecule has 0 aromatic carbocycles. The van der Waals surface area contributed by atoms with Crippen LogP contribution in [0.3, 0.4) is 0 Å². The molecule has 0 bridgehead atoms. The van der Waals surface area contributed by atoms with Gasteiger partial charge in [-0.1, -0.05) is 0 Å². The summed E-state index contributed by atoms with van der Waals surface area (Å²) in [5.41, 5.74) is 1.18. The van der Waals surface area contributed by atoms with Gasteiger partial charge in [0.1, 0.15) is 6.04 Å². The number of rotatable bonds is 7. The van der Waals surface area contributed by atoms with Gasteiger partial charge in [0, 0.05) is 11.3 Å². The number of hydrogen-bond acceptors (Lipinski definition) is 4. The van der Waals surface area contributed by atoms with Gasteiger partial charge in [-0.2, -0.15) is 0 Å². The number of amides is 1. The second-order valence-corrected chi connectivity index (χ2v) is 6.20. The van der Waals surface area contributed by atoms with Crippen molar-refractivity contribution in [1.29, 1.82) is 0 Å². The second-order valence-electron chi connectivity index (χ2n) is 5.06. The molecule has 21 heavy (non-hydrogen) atoms. The standard InChI is InChI=1S/C14H17NO5S/c16-12(17)6-2-4-9(14(19)20)15-13(18)11-7-8-3-1-5-10(8)21-11/h7,9H,1-6H2,(H,15,18)(H,16,17)(H,19,20)/t9-/m1/s1. The Balaban J connectivity index is 1.94. The molecule has 3 N–H and O–H groups in total. The van der Waals surface area contributed by atoms with Gasteiger partial charge in [-0.3, -0.25) is 9.59 Å². The predicted molar refractivity (Wildman–Crippen MR) is 76.7 cm³/mol. The highest BCUT2D eigenvalue weighted by atomic mass is 32.1. The first-order chi connectivity index (χ1) is 9.97. The van der Waals surface area contributed by atoms with Crippen molar-refractivity contribution >= 4 is 29.2 Å². The molecule has 0 aliphatic heterocycles. The average molecular weight is 311 g/mol. The van der Waals surface area contributed by atoms with Gasteiger partial charge in [0.2, 0.25) is 0 Å². The lowest BCUT2D eigenvalue weighted by molar-refractivity contribution is -0.140. The lowest BCUT2D eigenvalue weighted by atomic mass is 10.1. The first-order valence-corrected chi connectivity index (χ1v) is 7.66. The van der Waals surface area contributed by atoms with Crippen molar-refractivity contribution in [2.45, 2.75) is 44.6 Å². The molecular weight excluding hydrogens is 294 g/mol. The highest BCUT2D eigenvalue weighted by Crippen LogP contribution is 2.30. The fraction of sp³-hybridized carbons (Fsp3) is 0.500. The molecule has 1 heterocycles. The Bertz CT molecular complexity index is 544. The van der Waals surface area contributed by atoms with Crippen LogP contribution in [0.25, 0.3) is 0 Å². The largest absolute Gasteiger partial charge is 0.481 e. The molecule has 7 heteroatoms. The van der Waals surface area contributed by atoms with Gasteiger partial charge in [0.05, 0.1) is 4.88 Å². The van der Waals surface area contributed by atoms with E-state index in [1.165, 1.54) is 21.8 Å². The predicted octanol–water partition coefficient (Wildman–Crippen LogP) is 1.67. The third kappa shape index (κ3) is 4.04. The number of aliphatic carboxylic acids is 2. The third-order valence-electron chi connectivity index (χ3n) is 3.46. The van der Waals surface area contributed by atoms with Gasteiger partial charge in [-0.05, 0) is 43.7 Å². The Kier molecular flexibility index (Phi) is 4.95. The van der Waals surface area contributed by atoms with Crippen LogP contribution >= 0.6 is 11.3 Å². The summed E-state index contributed by atoms with van der Waals surface area (Å²) in [4.78, 5) is 35.4. The summed E-state index contributed by atoms with van der Waals surface area (Å²) >= 11 is 1.41. The van der Waals surface area contributed by atoms with Crippen molar-refractivity contribution in [2.75, 3.05) is 0 Å². The van der Waals surface area contributed by atoms with E-state index in [2.05, 4.69) is 5.32 Å². The Morgan fingerprint density at radius 3 is 2.67 bits per heavy atom. The molecule has 0 radical (unpaired) electrons. The summed E-state index contributed by atoms with van der Waals surface area (Å²) in [5.74, 6) is -2.50. The molecule has 1 aliphatic carbocycles. The fourth-order valence-electron chi connectivity index (χ4n) is 2.39. The van der Waals surface area contributed by atoms with E-state index < -0.39 is 23.9 Å². The highest BCUT2D eigenvalue weighted by molar-refractivity contribution is 7.14. The number of nitrogens with one attached hydrogen (secondary N) is 1.